The summed E-state index contributed by atoms with van der Waals surface area (Å²) in [5.41, 5.74) is 2.23. The lowest BCUT2D eigenvalue weighted by Gasteiger charge is -2.12. The Labute approximate surface area is 226 Å². The van der Waals surface area contributed by atoms with Gasteiger partial charge in [-0.15, -0.1) is 23.4 Å². The number of allylic oxidation sites excluding steroid dienone is 2. The Morgan fingerprint density at radius 3 is 2.53 bits per heavy atom. The number of nitrogens with zero attached hydrogens (tertiary/aromatic N) is 4. The summed E-state index contributed by atoms with van der Waals surface area (Å²) in [6, 6.07) is 14.8. The third-order valence-corrected chi connectivity index (χ3v) is 7.20. The lowest BCUT2D eigenvalue weighted by molar-refractivity contribution is 0.0952. The summed E-state index contributed by atoms with van der Waals surface area (Å²) in [4.78, 5) is 26.0. The van der Waals surface area contributed by atoms with Crippen molar-refractivity contribution in [2.45, 2.75) is 36.8 Å². The molecule has 0 fully saturated rings. The number of rotatable bonds is 13. The highest BCUT2D eigenvalue weighted by Gasteiger charge is 2.24. The largest absolute Gasteiger partial charge is 0.497 e. The van der Waals surface area contributed by atoms with Crippen LogP contribution < -0.4 is 10.1 Å². The Balaban J connectivity index is 1.44. The number of nitrogens with one attached hydrogen (secondary N) is 1. The maximum atomic E-state index is 13.5. The number of aromatic nitrogens is 4. The highest BCUT2D eigenvalue weighted by molar-refractivity contribution is 8.00. The molecule has 8 nitrogen and oxygen atoms in total. The molecular weight excluding hydrogens is 498 g/mol. The van der Waals surface area contributed by atoms with Gasteiger partial charge in [-0.25, -0.2) is 0 Å². The van der Waals surface area contributed by atoms with Gasteiger partial charge < -0.3 is 19.2 Å². The van der Waals surface area contributed by atoms with E-state index in [9.17, 15) is 9.59 Å². The summed E-state index contributed by atoms with van der Waals surface area (Å²) >= 11 is 1.37. The van der Waals surface area contributed by atoms with E-state index in [1.165, 1.54) is 11.8 Å². The number of Topliss-reactive ketones (excluding diaryl/α,β-unsaturated/α-hetero) is 1. The number of amides is 1. The van der Waals surface area contributed by atoms with Gasteiger partial charge in [0.2, 0.25) is 0 Å². The molecule has 0 bridgehead atoms. The van der Waals surface area contributed by atoms with Crippen LogP contribution in [0.1, 0.15) is 33.5 Å². The zero-order chi connectivity index (χ0) is 27.1. The molecule has 4 rings (SSSR count). The average Bonchev–Trinajstić information content (AvgIpc) is 3.49. The van der Waals surface area contributed by atoms with Gasteiger partial charge in [0.25, 0.3) is 5.91 Å². The number of para-hydroxylation sites is 1. The second-order valence-corrected chi connectivity index (χ2v) is 9.97. The Hall–Kier alpha value is -4.11. The highest BCUT2D eigenvalue weighted by atomic mass is 32.2. The minimum absolute atomic E-state index is 0.0236. The van der Waals surface area contributed by atoms with E-state index in [0.717, 1.165) is 10.9 Å². The molecule has 0 aliphatic carbocycles. The van der Waals surface area contributed by atoms with Gasteiger partial charge in [-0.2, -0.15) is 0 Å². The van der Waals surface area contributed by atoms with Crippen molar-refractivity contribution in [3.05, 3.63) is 97.0 Å². The van der Waals surface area contributed by atoms with Crippen molar-refractivity contribution in [1.82, 2.24) is 24.6 Å². The van der Waals surface area contributed by atoms with Gasteiger partial charge in [0.1, 0.15) is 11.6 Å². The van der Waals surface area contributed by atoms with Gasteiger partial charge in [0.05, 0.1) is 12.4 Å². The van der Waals surface area contributed by atoms with E-state index in [1.54, 1.807) is 37.5 Å². The lowest BCUT2D eigenvalue weighted by atomic mass is 10.1. The Morgan fingerprint density at radius 1 is 1.08 bits per heavy atom. The van der Waals surface area contributed by atoms with Crippen LogP contribution >= 0.6 is 11.8 Å². The number of benzene rings is 2. The summed E-state index contributed by atoms with van der Waals surface area (Å²) in [6.45, 7) is 11.1. The van der Waals surface area contributed by atoms with Crippen LogP contribution in [0.15, 0.2) is 85.2 Å². The van der Waals surface area contributed by atoms with Crippen LogP contribution in [0.3, 0.4) is 0 Å². The van der Waals surface area contributed by atoms with Crippen molar-refractivity contribution >= 4 is 34.4 Å². The molecule has 0 saturated heterocycles. The minimum Gasteiger partial charge on any atom is -0.497 e. The fourth-order valence-electron chi connectivity index (χ4n) is 4.20. The first-order valence-electron chi connectivity index (χ1n) is 12.3. The highest BCUT2D eigenvalue weighted by Crippen LogP contribution is 2.29. The van der Waals surface area contributed by atoms with E-state index in [-0.39, 0.29) is 16.9 Å². The second kappa shape index (κ2) is 12.4. The Kier molecular flexibility index (Phi) is 8.81. The molecule has 1 N–H and O–H groups in total. The van der Waals surface area contributed by atoms with E-state index >= 15 is 0 Å². The van der Waals surface area contributed by atoms with Gasteiger partial charge >= 0.3 is 0 Å². The molecule has 0 spiro atoms. The number of hydrogen-bond donors (Lipinski definition) is 1. The van der Waals surface area contributed by atoms with E-state index in [1.807, 2.05) is 52.6 Å². The number of thioether (sulfide) groups is 1. The first-order valence-corrected chi connectivity index (χ1v) is 13.2. The third-order valence-electron chi connectivity index (χ3n) is 6.12. The summed E-state index contributed by atoms with van der Waals surface area (Å²) in [7, 11) is 1.58. The molecule has 196 valence electrons. The third kappa shape index (κ3) is 5.89. The summed E-state index contributed by atoms with van der Waals surface area (Å²) < 4.78 is 9.10. The van der Waals surface area contributed by atoms with Crippen LogP contribution in [-0.4, -0.2) is 49.9 Å². The standard InChI is InChI=1S/C29H31N5O3S/c1-5-17-33-19-24(23-9-7-8-10-25(23)33)27(35)20(3)38-29-32-31-26(34(29)18-6-2)15-16-30-28(36)21-11-13-22(37-4)14-12-21/h5-14,19-20H,1-2,15-18H2,3-4H3,(H,30,36). The molecule has 0 aliphatic heterocycles. The van der Waals surface area contributed by atoms with E-state index in [0.29, 0.717) is 53.9 Å². The maximum absolute atomic E-state index is 13.5. The summed E-state index contributed by atoms with van der Waals surface area (Å²) in [6.07, 6.45) is 5.97. The fourth-order valence-corrected chi connectivity index (χ4v) is 5.15. The zero-order valence-electron chi connectivity index (χ0n) is 21.6. The molecule has 38 heavy (non-hydrogen) atoms. The van der Waals surface area contributed by atoms with E-state index in [2.05, 4.69) is 28.7 Å². The van der Waals surface area contributed by atoms with E-state index in [4.69, 9.17) is 4.74 Å². The lowest BCUT2D eigenvalue weighted by Crippen LogP contribution is -2.26. The van der Waals surface area contributed by atoms with Crippen LogP contribution in [-0.2, 0) is 19.5 Å². The molecule has 9 heteroatoms. The molecule has 1 amide bonds. The van der Waals surface area contributed by atoms with Crippen molar-refractivity contribution in [3.63, 3.8) is 0 Å². The number of fused-ring (bicyclic) bond motifs is 1. The number of carbonyl (C=O) groups is 2. The summed E-state index contributed by atoms with van der Waals surface area (Å²) in [5, 5.41) is 12.8. The van der Waals surface area contributed by atoms with Crippen molar-refractivity contribution < 1.29 is 14.3 Å². The van der Waals surface area contributed by atoms with Gasteiger partial charge in [-0.05, 0) is 37.3 Å². The average molecular weight is 530 g/mol. The Bertz CT molecular complexity index is 1450. The smallest absolute Gasteiger partial charge is 0.251 e. The quantitative estimate of drug-likeness (QED) is 0.150. The number of methoxy groups -OCH3 is 1. The molecule has 2 aromatic carbocycles. The molecule has 4 aromatic rings. The van der Waals surface area contributed by atoms with Crippen LogP contribution in [0, 0.1) is 0 Å². The topological polar surface area (TPSA) is 91.0 Å². The number of ketones is 1. The molecule has 0 radical (unpaired) electrons. The Morgan fingerprint density at radius 2 is 1.82 bits per heavy atom. The molecule has 1 atom stereocenters. The molecule has 0 saturated carbocycles. The molecular formula is C29H31N5O3S. The van der Waals surface area contributed by atoms with Crippen molar-refractivity contribution in [3.8, 4) is 5.75 Å². The van der Waals surface area contributed by atoms with Crippen LogP contribution in [0.25, 0.3) is 10.9 Å². The van der Waals surface area contributed by atoms with Crippen molar-refractivity contribution in [2.24, 2.45) is 0 Å². The number of carbonyl (C=O) groups excluding carboxylic acids is 2. The van der Waals surface area contributed by atoms with Crippen LogP contribution in [0.4, 0.5) is 0 Å². The minimum atomic E-state index is -0.381. The van der Waals surface area contributed by atoms with Gasteiger partial charge in [-0.3, -0.25) is 9.59 Å². The molecule has 0 aliphatic rings. The zero-order valence-corrected chi connectivity index (χ0v) is 22.4. The number of ether oxygens (including phenoxy) is 1. The van der Waals surface area contributed by atoms with Gasteiger partial charge in [0, 0.05) is 54.3 Å². The molecule has 1 unspecified atom stereocenters. The molecule has 2 aromatic heterocycles. The first-order chi connectivity index (χ1) is 18.5. The van der Waals surface area contributed by atoms with Gasteiger partial charge in [0.15, 0.2) is 10.9 Å². The van der Waals surface area contributed by atoms with Gasteiger partial charge in [-0.1, -0.05) is 42.1 Å². The monoisotopic (exact) mass is 529 g/mol. The van der Waals surface area contributed by atoms with Crippen LogP contribution in [0.2, 0.25) is 0 Å². The fraction of sp³-hybridized carbons (Fsp3) is 0.241. The second-order valence-electron chi connectivity index (χ2n) is 8.66. The predicted octanol–water partition coefficient (Wildman–Crippen LogP) is 4.95. The normalized spacial score (nSPS) is 11.7. The SMILES string of the molecule is C=CCn1c(CCNC(=O)c2ccc(OC)cc2)nnc1SC(C)C(=O)c1cn(CC=C)c2ccccc12. The molecule has 2 heterocycles. The summed E-state index contributed by atoms with van der Waals surface area (Å²) in [5.74, 6) is 1.26. The predicted molar refractivity (Wildman–Crippen MR) is 151 cm³/mol. The first kappa shape index (κ1) is 26.9. The van der Waals surface area contributed by atoms with Crippen LogP contribution in [0.5, 0.6) is 5.75 Å². The van der Waals surface area contributed by atoms with Crippen molar-refractivity contribution in [1.29, 1.82) is 0 Å². The van der Waals surface area contributed by atoms with E-state index < -0.39 is 0 Å². The maximum Gasteiger partial charge on any atom is 0.251 e. The number of hydrogen-bond acceptors (Lipinski definition) is 6. The van der Waals surface area contributed by atoms with Crippen molar-refractivity contribution in [2.75, 3.05) is 13.7 Å².